The largest absolute Gasteiger partial charge is 0.480 e. The predicted molar refractivity (Wildman–Crippen MR) is 29.4 cm³/mol. The van der Waals surface area contributed by atoms with Gasteiger partial charge in [0, 0.05) is 0 Å². The third-order valence-corrected chi connectivity index (χ3v) is 0.767. The molecule has 0 amide bonds. The molecular weight excluding hydrogens is 162 g/mol. The zero-order valence-electron chi connectivity index (χ0n) is 3.65. The summed E-state index contributed by atoms with van der Waals surface area (Å²) in [6, 6.07) is 0. The summed E-state index contributed by atoms with van der Waals surface area (Å²) in [5.41, 5.74) is 0.527. The Labute approximate surface area is 49.8 Å². The summed E-state index contributed by atoms with van der Waals surface area (Å²) < 4.78 is 0. The minimum atomic E-state index is -0.834. The second kappa shape index (κ2) is 4.08. The van der Waals surface area contributed by atoms with Gasteiger partial charge in [0.1, 0.15) is 0 Å². The van der Waals surface area contributed by atoms with E-state index in [1.807, 2.05) is 0 Å². The highest BCUT2D eigenvalue weighted by Gasteiger charge is 1.89. The third kappa shape index (κ3) is 5.91. The maximum Gasteiger partial charge on any atom is 0.317 e. The van der Waals surface area contributed by atoms with Crippen LogP contribution in [0, 0.1) is 0 Å². The van der Waals surface area contributed by atoms with Gasteiger partial charge in [-0.2, -0.15) is 0 Å². The normalized spacial score (nSPS) is 8.71. The van der Waals surface area contributed by atoms with Crippen LogP contribution in [0.25, 0.3) is 0 Å². The van der Waals surface area contributed by atoms with E-state index >= 15 is 0 Å². The van der Waals surface area contributed by atoms with Crippen molar-refractivity contribution in [2.75, 3.05) is 12.0 Å². The molecule has 4 heteroatoms. The van der Waals surface area contributed by atoms with Gasteiger partial charge < -0.3 is 5.11 Å². The van der Waals surface area contributed by atoms with E-state index in [0.717, 1.165) is 0 Å². The second-order valence-electron chi connectivity index (χ2n) is 0.954. The van der Waals surface area contributed by atoms with Crippen molar-refractivity contribution in [2.24, 2.45) is 0 Å². The Kier molecular flexibility index (Phi) is 4.03. The number of rotatable bonds is 3. The molecule has 0 aliphatic carbocycles. The van der Waals surface area contributed by atoms with Gasteiger partial charge in [-0.25, -0.2) is 0 Å². The fourth-order valence-corrected chi connectivity index (χ4v) is 0.352. The molecule has 0 rings (SSSR count). The smallest absolute Gasteiger partial charge is 0.317 e. The number of alkyl halides is 1. The number of carbonyl (C=O) groups is 1. The minimum absolute atomic E-state index is 0.0191. The Balaban J connectivity index is 2.82. The van der Waals surface area contributed by atoms with Crippen LogP contribution in [0.5, 0.6) is 0 Å². The van der Waals surface area contributed by atoms with Crippen LogP contribution in [0.1, 0.15) is 0 Å². The summed E-state index contributed by atoms with van der Waals surface area (Å²) >= 11 is 3.00. The molecule has 0 atom stereocenters. The average molecular weight is 168 g/mol. The molecule has 0 aliphatic rings. The summed E-state index contributed by atoms with van der Waals surface area (Å²) in [6.07, 6.45) is 0. The topological polar surface area (TPSA) is 49.3 Å². The van der Waals surface area contributed by atoms with Gasteiger partial charge in [-0.1, -0.05) is 15.9 Å². The van der Waals surface area contributed by atoms with E-state index in [9.17, 15) is 4.79 Å². The van der Waals surface area contributed by atoms with Crippen molar-refractivity contribution in [1.82, 2.24) is 5.32 Å². The van der Waals surface area contributed by atoms with Crippen molar-refractivity contribution >= 4 is 21.9 Å². The van der Waals surface area contributed by atoms with E-state index in [2.05, 4.69) is 21.2 Å². The molecule has 0 spiro atoms. The van der Waals surface area contributed by atoms with Crippen LogP contribution in [-0.4, -0.2) is 23.1 Å². The molecule has 0 heterocycles. The zero-order chi connectivity index (χ0) is 5.70. The monoisotopic (exact) mass is 167 g/mol. The predicted octanol–water partition coefficient (Wildman–Crippen LogP) is 0.0130. The lowest BCUT2D eigenvalue weighted by Gasteiger charge is -1.89. The molecule has 0 saturated carbocycles. The van der Waals surface area contributed by atoms with Crippen LogP contribution >= 0.6 is 15.9 Å². The first kappa shape index (κ1) is 6.91. The maximum atomic E-state index is 9.67. The van der Waals surface area contributed by atoms with Gasteiger partial charge in [-0.3, -0.25) is 10.1 Å². The highest BCUT2D eigenvalue weighted by molar-refractivity contribution is 9.09. The quantitative estimate of drug-likeness (QED) is 0.461. The summed E-state index contributed by atoms with van der Waals surface area (Å²) in [4.78, 5) is 9.67. The van der Waals surface area contributed by atoms with Crippen LogP contribution in [0.3, 0.4) is 0 Å². The maximum absolute atomic E-state index is 9.67. The highest BCUT2D eigenvalue weighted by atomic mass is 79.9. The van der Waals surface area contributed by atoms with Gasteiger partial charge in [-0.15, -0.1) is 0 Å². The number of aliphatic carboxylic acids is 1. The number of hydrogen-bond donors (Lipinski definition) is 2. The van der Waals surface area contributed by atoms with E-state index < -0.39 is 5.97 Å². The van der Waals surface area contributed by atoms with Crippen molar-refractivity contribution in [3.63, 3.8) is 0 Å². The second-order valence-corrected chi connectivity index (χ2v) is 1.51. The molecule has 0 aromatic carbocycles. The van der Waals surface area contributed by atoms with Crippen molar-refractivity contribution in [3.8, 4) is 0 Å². The highest BCUT2D eigenvalue weighted by Crippen LogP contribution is 1.69. The summed E-state index contributed by atoms with van der Waals surface area (Å²) in [5.74, 6) is -0.834. The van der Waals surface area contributed by atoms with Gasteiger partial charge in [0.05, 0.1) is 12.0 Å². The minimum Gasteiger partial charge on any atom is -0.480 e. The van der Waals surface area contributed by atoms with E-state index in [-0.39, 0.29) is 6.54 Å². The first-order valence-electron chi connectivity index (χ1n) is 1.76. The molecule has 3 nitrogen and oxygen atoms in total. The Morgan fingerprint density at radius 1 is 1.86 bits per heavy atom. The summed E-state index contributed by atoms with van der Waals surface area (Å²) in [5, 5.41) is 10.5. The van der Waals surface area contributed by atoms with Crippen LogP contribution in [0.2, 0.25) is 0 Å². The van der Waals surface area contributed by atoms with Crippen molar-refractivity contribution in [1.29, 1.82) is 0 Å². The van der Waals surface area contributed by atoms with Crippen molar-refractivity contribution in [3.05, 3.63) is 0 Å². The molecule has 0 aromatic heterocycles. The number of halogens is 1. The van der Waals surface area contributed by atoms with Crippen LogP contribution < -0.4 is 5.32 Å². The fourth-order valence-electron chi connectivity index (χ4n) is 0.154. The van der Waals surface area contributed by atoms with Crippen LogP contribution in [-0.2, 0) is 4.79 Å². The molecule has 0 saturated heterocycles. The first-order valence-corrected chi connectivity index (χ1v) is 2.88. The lowest BCUT2D eigenvalue weighted by molar-refractivity contribution is -0.135. The first-order chi connectivity index (χ1) is 3.27. The molecule has 0 bridgehead atoms. The van der Waals surface area contributed by atoms with Crippen LogP contribution in [0.15, 0.2) is 0 Å². The molecular formula is C3H6BrNO2. The molecule has 0 unspecified atom stereocenters. The lowest BCUT2D eigenvalue weighted by Crippen LogP contribution is -2.20. The van der Waals surface area contributed by atoms with Crippen molar-refractivity contribution in [2.45, 2.75) is 0 Å². The molecule has 0 aliphatic heterocycles. The van der Waals surface area contributed by atoms with Gasteiger partial charge in [-0.05, 0) is 0 Å². The number of hydrogen-bond acceptors (Lipinski definition) is 2. The van der Waals surface area contributed by atoms with Gasteiger partial charge in [0.15, 0.2) is 0 Å². The SMILES string of the molecule is O=C(O)CNCBr. The van der Waals surface area contributed by atoms with Gasteiger partial charge >= 0.3 is 5.97 Å². The van der Waals surface area contributed by atoms with Gasteiger partial charge in [0.2, 0.25) is 0 Å². The summed E-state index contributed by atoms with van der Waals surface area (Å²) in [6.45, 7) is 0.0191. The molecule has 0 radical (unpaired) electrons. The molecule has 2 N–H and O–H groups in total. The van der Waals surface area contributed by atoms with Crippen LogP contribution in [0.4, 0.5) is 0 Å². The van der Waals surface area contributed by atoms with E-state index in [1.54, 1.807) is 0 Å². The van der Waals surface area contributed by atoms with Crippen molar-refractivity contribution < 1.29 is 9.90 Å². The lowest BCUT2D eigenvalue weighted by atomic mass is 10.7. The zero-order valence-corrected chi connectivity index (χ0v) is 5.23. The number of nitrogens with one attached hydrogen (secondary N) is 1. The van der Waals surface area contributed by atoms with E-state index in [4.69, 9.17) is 5.11 Å². The van der Waals surface area contributed by atoms with Gasteiger partial charge in [0.25, 0.3) is 0 Å². The van der Waals surface area contributed by atoms with E-state index in [0.29, 0.717) is 5.45 Å². The molecule has 42 valence electrons. The molecule has 0 fully saturated rings. The Hall–Kier alpha value is -0.0900. The Bertz CT molecular complexity index is 66.0. The standard InChI is InChI=1S/C3H6BrNO2/c4-2-5-1-3(6)7/h5H,1-2H2,(H,6,7). The fraction of sp³-hybridized carbons (Fsp3) is 0.667. The average Bonchev–Trinajstić information content (AvgIpc) is 1.61. The Morgan fingerprint density at radius 2 is 2.43 bits per heavy atom. The molecule has 0 aromatic rings. The number of carboxylic acid groups (broad SMARTS) is 1. The van der Waals surface area contributed by atoms with E-state index in [1.165, 1.54) is 0 Å². The Morgan fingerprint density at radius 3 is 2.57 bits per heavy atom. The third-order valence-electron chi connectivity index (χ3n) is 0.371. The summed E-state index contributed by atoms with van der Waals surface area (Å²) in [7, 11) is 0. The molecule has 7 heavy (non-hydrogen) atoms. The number of carboxylic acids is 1.